The molecule has 58 heavy (non-hydrogen) atoms. The number of terminal acetylenes is 1. The summed E-state index contributed by atoms with van der Waals surface area (Å²) in [5, 5.41) is 7.32. The average Bonchev–Trinajstić information content (AvgIpc) is 3.21. The molecule has 2 aliphatic rings. The van der Waals surface area contributed by atoms with Gasteiger partial charge in [-0.3, -0.25) is 9.59 Å². The van der Waals surface area contributed by atoms with E-state index in [0.29, 0.717) is 44.5 Å². The largest absolute Gasteiger partial charge is 0.459 e. The summed E-state index contributed by atoms with van der Waals surface area (Å²) in [4.78, 5) is 43.6. The predicted octanol–water partition coefficient (Wildman–Crippen LogP) is 3.94. The number of unbranched alkanes of at least 4 members (excludes halogenated alkanes) is 1. The van der Waals surface area contributed by atoms with E-state index in [1.54, 1.807) is 52.3 Å². The van der Waals surface area contributed by atoms with Crippen LogP contribution in [-0.4, -0.2) is 137 Å². The molecule has 13 atom stereocenters. The number of hydrogen-bond donors (Lipinski definition) is 3. The van der Waals surface area contributed by atoms with Crippen LogP contribution < -0.4 is 16.4 Å². The Morgan fingerprint density at radius 1 is 1.10 bits per heavy atom. The number of carbonyl (C=O) groups is 3. The van der Waals surface area contributed by atoms with Crippen LogP contribution in [0.2, 0.25) is 0 Å². The highest BCUT2D eigenvalue weighted by Gasteiger charge is 2.52. The maximum atomic E-state index is 14.6. The number of rotatable bonds is 15. The van der Waals surface area contributed by atoms with Gasteiger partial charge in [0.25, 0.3) is 0 Å². The first-order valence-electron chi connectivity index (χ1n) is 20.8. The van der Waals surface area contributed by atoms with Gasteiger partial charge in [0.1, 0.15) is 30.8 Å². The first-order valence-corrected chi connectivity index (χ1v) is 20.8. The lowest BCUT2D eigenvalue weighted by molar-refractivity contribution is -0.304. The van der Waals surface area contributed by atoms with E-state index in [0.717, 1.165) is 12.8 Å². The Morgan fingerprint density at radius 2 is 1.79 bits per heavy atom. The summed E-state index contributed by atoms with van der Waals surface area (Å²) in [5.41, 5.74) is 4.00. The summed E-state index contributed by atoms with van der Waals surface area (Å²) >= 11 is 0. The van der Waals surface area contributed by atoms with Gasteiger partial charge in [-0.25, -0.2) is 4.79 Å². The van der Waals surface area contributed by atoms with Crippen molar-refractivity contribution in [1.29, 1.82) is 0 Å². The minimum absolute atomic E-state index is 0.00562. The molecule has 0 aliphatic carbocycles. The summed E-state index contributed by atoms with van der Waals surface area (Å²) in [6.07, 6.45) is 7.29. The number of cyclic esters (lactones) is 1. The minimum atomic E-state index is -1.18. The molecule has 14 heteroatoms. The molecule has 3 rings (SSSR count). The summed E-state index contributed by atoms with van der Waals surface area (Å²) < 4.78 is 43.9. The molecule has 1 aromatic carbocycles. The molecule has 0 radical (unpaired) electrons. The van der Waals surface area contributed by atoms with Gasteiger partial charge in [0.15, 0.2) is 17.7 Å². The van der Waals surface area contributed by atoms with E-state index in [1.807, 2.05) is 52.8 Å². The van der Waals surface area contributed by atoms with Gasteiger partial charge in [0, 0.05) is 32.2 Å². The van der Waals surface area contributed by atoms with Crippen molar-refractivity contribution in [3.63, 3.8) is 0 Å². The van der Waals surface area contributed by atoms with E-state index in [1.165, 1.54) is 0 Å². The molecule has 1 aromatic rings. The molecular formula is C44H72N4O10. The molecule has 0 spiro atoms. The van der Waals surface area contributed by atoms with E-state index in [4.69, 9.17) is 45.3 Å². The third-order valence-corrected chi connectivity index (χ3v) is 12.1. The lowest BCUT2D eigenvalue weighted by Gasteiger charge is -2.48. The Kier molecular flexibility index (Phi) is 19.5. The number of esters is 2. The van der Waals surface area contributed by atoms with Gasteiger partial charge < -0.3 is 54.4 Å². The van der Waals surface area contributed by atoms with Crippen LogP contribution in [0.5, 0.6) is 0 Å². The number of likely N-dealkylation sites (N-methyl/N-ethyl adjacent to an activating group) is 1. The number of nitrogens with one attached hydrogen (secondary N) is 2. The van der Waals surface area contributed by atoms with E-state index < -0.39 is 71.7 Å². The molecule has 328 valence electrons. The van der Waals surface area contributed by atoms with Crippen LogP contribution in [0.3, 0.4) is 0 Å². The van der Waals surface area contributed by atoms with Crippen LogP contribution in [0.25, 0.3) is 0 Å². The number of Topliss-reactive ketones (excluding diaryl/α,β-unsaturated/α-hetero) is 1. The summed E-state index contributed by atoms with van der Waals surface area (Å²) in [5.74, 6) is -3.60. The zero-order chi connectivity index (χ0) is 43.2. The fourth-order valence-electron chi connectivity index (χ4n) is 8.61. The molecule has 0 saturated carbocycles. The zero-order valence-corrected chi connectivity index (χ0v) is 36.8. The number of hydrogen-bond acceptors (Lipinski definition) is 14. The third kappa shape index (κ3) is 12.5. The number of nitrogens with two attached hydrogens (primary N) is 1. The molecule has 2 heterocycles. The fourth-order valence-corrected chi connectivity index (χ4v) is 8.61. The first kappa shape index (κ1) is 49.2. The number of benzene rings is 1. The second-order valence-corrected chi connectivity index (χ2v) is 16.7. The molecule has 14 nitrogen and oxygen atoms in total. The maximum Gasteiger partial charge on any atom is 0.338 e. The molecule has 2 saturated heterocycles. The summed E-state index contributed by atoms with van der Waals surface area (Å²) in [6, 6.07) is 7.96. The number of carbonyl (C=O) groups excluding carboxylic acids is 3. The van der Waals surface area contributed by atoms with Crippen LogP contribution in [0.15, 0.2) is 30.3 Å². The van der Waals surface area contributed by atoms with Crippen LogP contribution in [0.1, 0.15) is 90.9 Å². The normalized spacial score (nSPS) is 35.6. The van der Waals surface area contributed by atoms with Crippen molar-refractivity contribution >= 4 is 17.7 Å². The molecule has 0 bridgehead atoms. The summed E-state index contributed by atoms with van der Waals surface area (Å²) in [6.45, 7) is 14.9. The van der Waals surface area contributed by atoms with Gasteiger partial charge in [-0.1, -0.05) is 45.4 Å². The van der Waals surface area contributed by atoms with E-state index in [-0.39, 0.29) is 30.4 Å². The zero-order valence-electron chi connectivity index (χ0n) is 36.8. The smallest absolute Gasteiger partial charge is 0.338 e. The Morgan fingerprint density at radius 3 is 2.38 bits per heavy atom. The Balaban J connectivity index is 2.04. The van der Waals surface area contributed by atoms with E-state index in [2.05, 4.69) is 23.7 Å². The van der Waals surface area contributed by atoms with Crippen molar-refractivity contribution in [2.45, 2.75) is 141 Å². The third-order valence-electron chi connectivity index (χ3n) is 12.1. The standard InChI is InChI=1S/C44H72N4O10/c1-13-35-44(8,55-14-2)38(46-23-19-18-22-45)31(6)47-26-28(3)25-43(7,53-12)39(29(4)36(49)30(5)40(50)57-35)58-42-37(52-11)34(48(9)10)24-33(56-42)27-54-41(51)32-20-16-15-17-21-32/h2,15-17,20-21,28-31,33-35,37-39,42,46-47H,13,18-19,22-27,45H2,1,3-12H3/t28-,29+,30-,31-,33+,34?,35-,37?,38-,39-,42+,43-,44-/m1/s1. The highest BCUT2D eigenvalue weighted by Crippen LogP contribution is 2.37. The van der Waals surface area contributed by atoms with Crippen molar-refractivity contribution in [2.24, 2.45) is 23.5 Å². The van der Waals surface area contributed by atoms with Crippen molar-refractivity contribution in [1.82, 2.24) is 15.5 Å². The van der Waals surface area contributed by atoms with Gasteiger partial charge >= 0.3 is 11.9 Å². The molecule has 2 fully saturated rings. The minimum Gasteiger partial charge on any atom is -0.459 e. The summed E-state index contributed by atoms with van der Waals surface area (Å²) in [7, 11) is 7.07. The number of ether oxygens (including phenoxy) is 7. The highest BCUT2D eigenvalue weighted by atomic mass is 16.7. The topological polar surface area (TPSA) is 169 Å². The second kappa shape index (κ2) is 23.0. The maximum absolute atomic E-state index is 14.6. The molecule has 2 unspecified atom stereocenters. The molecule has 4 N–H and O–H groups in total. The van der Waals surface area contributed by atoms with Crippen molar-refractivity contribution in [3.05, 3.63) is 35.9 Å². The van der Waals surface area contributed by atoms with Gasteiger partial charge in [0.2, 0.25) is 0 Å². The number of nitrogens with zero attached hydrogens (tertiary/aromatic N) is 1. The van der Waals surface area contributed by atoms with Crippen molar-refractivity contribution in [3.8, 4) is 12.5 Å². The number of methoxy groups -OCH3 is 2. The van der Waals surface area contributed by atoms with Crippen molar-refractivity contribution < 1.29 is 47.5 Å². The van der Waals surface area contributed by atoms with Gasteiger partial charge in [-0.15, -0.1) is 0 Å². The van der Waals surface area contributed by atoms with Crippen LogP contribution in [0, 0.1) is 30.3 Å². The quantitative estimate of drug-likeness (QED) is 0.101. The van der Waals surface area contributed by atoms with Gasteiger partial charge in [-0.05, 0) is 112 Å². The van der Waals surface area contributed by atoms with Crippen molar-refractivity contribution in [2.75, 3.05) is 54.6 Å². The molecule has 0 aromatic heterocycles. The van der Waals surface area contributed by atoms with Gasteiger partial charge in [0.05, 0.1) is 29.4 Å². The predicted molar refractivity (Wildman–Crippen MR) is 222 cm³/mol. The monoisotopic (exact) mass is 817 g/mol. The SMILES string of the molecule is C#CO[C@@]1(C)[C@H](NCCCCN)[C@@H](C)NC[C@H](C)C[C@@](C)(OC)[C@H](O[C@@H]2O[C@H](COC(=O)c3ccccc3)CC(N(C)C)C2OC)[C@@H](C)C(=O)[C@@H](C)C(=O)O[C@@H]1CC. The highest BCUT2D eigenvalue weighted by molar-refractivity contribution is 6.00. The van der Waals surface area contributed by atoms with E-state index in [9.17, 15) is 14.4 Å². The van der Waals surface area contributed by atoms with E-state index >= 15 is 0 Å². The first-order chi connectivity index (χ1) is 27.5. The fraction of sp³-hybridized carbons (Fsp3) is 0.750. The van der Waals surface area contributed by atoms with Crippen LogP contribution >= 0.6 is 0 Å². The van der Waals surface area contributed by atoms with Gasteiger partial charge in [-0.2, -0.15) is 0 Å². The second-order valence-electron chi connectivity index (χ2n) is 16.7. The average molecular weight is 817 g/mol. The molecule has 2 aliphatic heterocycles. The van der Waals surface area contributed by atoms with Crippen LogP contribution in [-0.2, 0) is 42.7 Å². The molecular weight excluding hydrogens is 745 g/mol. The Hall–Kier alpha value is -3.13. The van der Waals surface area contributed by atoms with Crippen LogP contribution in [0.4, 0.5) is 0 Å². The lowest BCUT2D eigenvalue weighted by atomic mass is 9.78. The molecule has 0 amide bonds. The Bertz CT molecular complexity index is 1480. The lowest BCUT2D eigenvalue weighted by Crippen LogP contribution is -2.65. The number of ketones is 1. The Labute approximate surface area is 347 Å².